The van der Waals surface area contributed by atoms with E-state index in [2.05, 4.69) is 46.6 Å². The molecule has 1 atom stereocenters. The van der Waals surface area contributed by atoms with Crippen LogP contribution in [0, 0.1) is 5.92 Å². The van der Waals surface area contributed by atoms with Crippen molar-refractivity contribution in [2.75, 3.05) is 13.6 Å². The van der Waals surface area contributed by atoms with Crippen LogP contribution in [0.2, 0.25) is 0 Å². The van der Waals surface area contributed by atoms with Crippen molar-refractivity contribution < 1.29 is 4.79 Å². The topological polar surface area (TPSA) is 64.2 Å². The van der Waals surface area contributed by atoms with Gasteiger partial charge >= 0.3 is 0 Å². The summed E-state index contributed by atoms with van der Waals surface area (Å²) in [4.78, 5) is 14.4. The Bertz CT molecular complexity index is 499. The molecule has 1 unspecified atom stereocenters. The number of amides is 1. The van der Waals surface area contributed by atoms with Crippen LogP contribution >= 0.6 is 0 Å². The summed E-state index contributed by atoms with van der Waals surface area (Å²) in [5.41, 5.74) is 7.65. The molecule has 1 aromatic heterocycles. The Labute approximate surface area is 134 Å². The lowest BCUT2D eigenvalue weighted by atomic mass is 10.0. The van der Waals surface area contributed by atoms with Crippen LogP contribution < -0.4 is 5.73 Å². The number of hydrogen-bond donors (Lipinski definition) is 1. The molecule has 126 valence electrons. The van der Waals surface area contributed by atoms with Gasteiger partial charge in [0, 0.05) is 19.6 Å². The molecule has 5 nitrogen and oxygen atoms in total. The van der Waals surface area contributed by atoms with Crippen LogP contribution in [0.4, 0.5) is 0 Å². The van der Waals surface area contributed by atoms with E-state index in [1.807, 2.05) is 11.7 Å². The van der Waals surface area contributed by atoms with Gasteiger partial charge in [-0.3, -0.25) is 9.48 Å². The van der Waals surface area contributed by atoms with E-state index in [1.165, 1.54) is 0 Å². The molecule has 0 aliphatic carbocycles. The van der Waals surface area contributed by atoms with Crippen molar-refractivity contribution in [3.63, 3.8) is 0 Å². The van der Waals surface area contributed by atoms with Crippen LogP contribution in [0.1, 0.15) is 64.0 Å². The summed E-state index contributed by atoms with van der Waals surface area (Å²) < 4.78 is 1.95. The molecule has 0 aliphatic heterocycles. The second-order valence-corrected chi connectivity index (χ2v) is 7.36. The summed E-state index contributed by atoms with van der Waals surface area (Å²) in [6.45, 7) is 13.2. The standard InChI is InChI=1S/C17H32N4O/c1-8-15-13(11-19-21(15)17(4,5)6)16(22)20(7)10-9-14(18)12(2)3/h11-12,14H,8-10,18H2,1-7H3. The molecule has 1 aromatic rings. The summed E-state index contributed by atoms with van der Waals surface area (Å²) in [6.07, 6.45) is 3.30. The zero-order chi connectivity index (χ0) is 17.1. The fourth-order valence-electron chi connectivity index (χ4n) is 2.45. The zero-order valence-corrected chi connectivity index (χ0v) is 15.2. The third-order valence-corrected chi connectivity index (χ3v) is 4.07. The lowest BCUT2D eigenvalue weighted by molar-refractivity contribution is 0.0787. The normalized spacial score (nSPS) is 13.5. The Morgan fingerprint density at radius 3 is 2.45 bits per heavy atom. The molecule has 0 aromatic carbocycles. The number of nitrogens with zero attached hydrogens (tertiary/aromatic N) is 3. The predicted octanol–water partition coefficient (Wildman–Crippen LogP) is 2.65. The van der Waals surface area contributed by atoms with Crippen molar-refractivity contribution in [3.8, 4) is 0 Å². The van der Waals surface area contributed by atoms with E-state index in [0.717, 1.165) is 18.5 Å². The molecule has 5 heteroatoms. The molecule has 0 radical (unpaired) electrons. The first-order valence-corrected chi connectivity index (χ1v) is 8.18. The minimum Gasteiger partial charge on any atom is -0.342 e. The van der Waals surface area contributed by atoms with E-state index in [0.29, 0.717) is 18.0 Å². The third kappa shape index (κ3) is 4.32. The molecule has 1 amide bonds. The highest BCUT2D eigenvalue weighted by Crippen LogP contribution is 2.20. The van der Waals surface area contributed by atoms with E-state index in [9.17, 15) is 4.79 Å². The molecule has 0 saturated heterocycles. The summed E-state index contributed by atoms with van der Waals surface area (Å²) in [6, 6.07) is 0.123. The summed E-state index contributed by atoms with van der Waals surface area (Å²) >= 11 is 0. The summed E-state index contributed by atoms with van der Waals surface area (Å²) in [7, 11) is 1.84. The van der Waals surface area contributed by atoms with E-state index in [4.69, 9.17) is 5.73 Å². The van der Waals surface area contributed by atoms with Crippen LogP contribution in [0.25, 0.3) is 0 Å². The van der Waals surface area contributed by atoms with Crippen molar-refractivity contribution in [2.45, 2.75) is 66.0 Å². The minimum atomic E-state index is -0.123. The van der Waals surface area contributed by atoms with E-state index >= 15 is 0 Å². The van der Waals surface area contributed by atoms with Gasteiger partial charge in [0.2, 0.25) is 0 Å². The van der Waals surface area contributed by atoms with Gasteiger partial charge in [0.25, 0.3) is 5.91 Å². The summed E-state index contributed by atoms with van der Waals surface area (Å²) in [5, 5.41) is 4.43. The quantitative estimate of drug-likeness (QED) is 0.878. The van der Waals surface area contributed by atoms with Gasteiger partial charge in [-0.05, 0) is 39.5 Å². The number of nitrogens with two attached hydrogens (primary N) is 1. The highest BCUT2D eigenvalue weighted by Gasteiger charge is 2.24. The lowest BCUT2D eigenvalue weighted by Gasteiger charge is -2.24. The maximum atomic E-state index is 12.7. The maximum Gasteiger partial charge on any atom is 0.257 e. The van der Waals surface area contributed by atoms with Gasteiger partial charge in [0.1, 0.15) is 0 Å². The Morgan fingerprint density at radius 1 is 1.41 bits per heavy atom. The summed E-state index contributed by atoms with van der Waals surface area (Å²) in [5.74, 6) is 0.460. The van der Waals surface area contributed by atoms with Gasteiger partial charge in [0.05, 0.1) is 23.0 Å². The molecular weight excluding hydrogens is 276 g/mol. The average Bonchev–Trinajstić information content (AvgIpc) is 2.86. The number of carbonyl (C=O) groups excluding carboxylic acids is 1. The number of hydrogen-bond acceptors (Lipinski definition) is 3. The van der Waals surface area contributed by atoms with Crippen LogP contribution in [-0.4, -0.2) is 40.2 Å². The number of aromatic nitrogens is 2. The molecule has 0 bridgehead atoms. The fourth-order valence-corrected chi connectivity index (χ4v) is 2.45. The van der Waals surface area contributed by atoms with Crippen molar-refractivity contribution in [1.29, 1.82) is 0 Å². The molecule has 0 aliphatic rings. The van der Waals surface area contributed by atoms with Gasteiger partial charge in [-0.25, -0.2) is 0 Å². The first-order valence-electron chi connectivity index (χ1n) is 8.18. The monoisotopic (exact) mass is 308 g/mol. The molecule has 22 heavy (non-hydrogen) atoms. The van der Waals surface area contributed by atoms with Crippen molar-refractivity contribution in [3.05, 3.63) is 17.5 Å². The van der Waals surface area contributed by atoms with Gasteiger partial charge in [-0.15, -0.1) is 0 Å². The lowest BCUT2D eigenvalue weighted by Crippen LogP contribution is -2.35. The molecule has 2 N–H and O–H groups in total. The first kappa shape index (κ1) is 18.7. The van der Waals surface area contributed by atoms with Crippen LogP contribution in [0.3, 0.4) is 0 Å². The molecule has 1 rings (SSSR count). The molecular formula is C17H32N4O. The Hall–Kier alpha value is -1.36. The first-order chi connectivity index (χ1) is 10.1. The predicted molar refractivity (Wildman–Crippen MR) is 91.0 cm³/mol. The Balaban J connectivity index is 2.87. The highest BCUT2D eigenvalue weighted by atomic mass is 16.2. The van der Waals surface area contributed by atoms with Crippen molar-refractivity contribution in [1.82, 2.24) is 14.7 Å². The largest absolute Gasteiger partial charge is 0.342 e. The van der Waals surface area contributed by atoms with Gasteiger partial charge in [-0.2, -0.15) is 5.10 Å². The van der Waals surface area contributed by atoms with Gasteiger partial charge in [0.15, 0.2) is 0 Å². The number of rotatable bonds is 6. The zero-order valence-electron chi connectivity index (χ0n) is 15.2. The van der Waals surface area contributed by atoms with Crippen molar-refractivity contribution in [2.24, 2.45) is 11.7 Å². The van der Waals surface area contributed by atoms with Crippen LogP contribution in [-0.2, 0) is 12.0 Å². The smallest absolute Gasteiger partial charge is 0.257 e. The molecule has 1 heterocycles. The van der Waals surface area contributed by atoms with Crippen LogP contribution in [0.15, 0.2) is 6.20 Å². The van der Waals surface area contributed by atoms with E-state index in [-0.39, 0.29) is 17.5 Å². The SMILES string of the molecule is CCc1c(C(=O)N(C)CCC(N)C(C)C)cnn1C(C)(C)C. The van der Waals surface area contributed by atoms with Crippen molar-refractivity contribution >= 4 is 5.91 Å². The third-order valence-electron chi connectivity index (χ3n) is 4.07. The average molecular weight is 308 g/mol. The minimum absolute atomic E-state index is 0.0308. The number of carbonyl (C=O) groups is 1. The van der Waals surface area contributed by atoms with E-state index < -0.39 is 0 Å². The highest BCUT2D eigenvalue weighted by molar-refractivity contribution is 5.95. The van der Waals surface area contributed by atoms with Gasteiger partial charge < -0.3 is 10.6 Å². The second kappa shape index (κ2) is 7.27. The Morgan fingerprint density at radius 2 is 2.00 bits per heavy atom. The molecule has 0 fully saturated rings. The maximum absolute atomic E-state index is 12.7. The Kier molecular flexibility index (Phi) is 6.17. The van der Waals surface area contributed by atoms with Crippen LogP contribution in [0.5, 0.6) is 0 Å². The molecule has 0 saturated carbocycles. The van der Waals surface area contributed by atoms with Gasteiger partial charge in [-0.1, -0.05) is 20.8 Å². The second-order valence-electron chi connectivity index (χ2n) is 7.36. The molecule has 0 spiro atoms. The fraction of sp³-hybridized carbons (Fsp3) is 0.765. The van der Waals surface area contributed by atoms with E-state index in [1.54, 1.807) is 11.1 Å².